The average Bonchev–Trinajstić information content (AvgIpc) is 2.43. The van der Waals surface area contributed by atoms with Crippen LogP contribution in [-0.4, -0.2) is 28.5 Å². The van der Waals surface area contributed by atoms with Crippen LogP contribution in [0.5, 0.6) is 0 Å². The van der Waals surface area contributed by atoms with Crippen molar-refractivity contribution in [3.8, 4) is 0 Å². The number of nitrogens with two attached hydrogens (primary N) is 1. The lowest BCUT2D eigenvalue weighted by Crippen LogP contribution is -2.47. The molecule has 0 aliphatic carbocycles. The summed E-state index contributed by atoms with van der Waals surface area (Å²) in [6.45, 7) is 0.974. The number of hydrogen-bond donors (Lipinski definition) is 2. The molecule has 4 nitrogen and oxygen atoms in total. The number of oxime groups is 1. The van der Waals surface area contributed by atoms with Crippen LogP contribution in [0.1, 0.15) is 24.8 Å². The summed E-state index contributed by atoms with van der Waals surface area (Å²) in [4.78, 5) is 1.91. The first-order valence-corrected chi connectivity index (χ1v) is 6.28. The van der Waals surface area contributed by atoms with Crippen molar-refractivity contribution in [1.29, 1.82) is 0 Å². The van der Waals surface area contributed by atoms with E-state index in [9.17, 15) is 8.78 Å². The van der Waals surface area contributed by atoms with Gasteiger partial charge >= 0.3 is 0 Å². The van der Waals surface area contributed by atoms with Gasteiger partial charge in [-0.2, -0.15) is 0 Å². The molecule has 1 aromatic carbocycles. The minimum atomic E-state index is -0.852. The molecule has 3 N–H and O–H groups in total. The van der Waals surface area contributed by atoms with Gasteiger partial charge in [-0.05, 0) is 25.5 Å². The van der Waals surface area contributed by atoms with Crippen LogP contribution in [0.3, 0.4) is 0 Å². The lowest BCUT2D eigenvalue weighted by atomic mass is 10.00. The van der Waals surface area contributed by atoms with Crippen molar-refractivity contribution in [3.05, 3.63) is 35.4 Å². The van der Waals surface area contributed by atoms with E-state index in [2.05, 4.69) is 5.16 Å². The Bertz CT molecular complexity index is 479. The van der Waals surface area contributed by atoms with Gasteiger partial charge in [0, 0.05) is 12.1 Å². The molecule has 1 fully saturated rings. The van der Waals surface area contributed by atoms with Crippen molar-refractivity contribution in [3.63, 3.8) is 0 Å². The first-order valence-electron chi connectivity index (χ1n) is 6.28. The molecule has 1 atom stereocenters. The van der Waals surface area contributed by atoms with Gasteiger partial charge in [0.1, 0.15) is 0 Å². The highest BCUT2D eigenvalue weighted by Gasteiger charge is 2.26. The Labute approximate surface area is 110 Å². The summed E-state index contributed by atoms with van der Waals surface area (Å²) >= 11 is 0. The maximum absolute atomic E-state index is 13.7. The van der Waals surface area contributed by atoms with Crippen LogP contribution in [0.25, 0.3) is 0 Å². The van der Waals surface area contributed by atoms with Crippen molar-refractivity contribution >= 4 is 5.84 Å². The summed E-state index contributed by atoms with van der Waals surface area (Å²) < 4.78 is 26.8. The van der Waals surface area contributed by atoms with Gasteiger partial charge in [-0.25, -0.2) is 8.78 Å². The van der Waals surface area contributed by atoms with Crippen LogP contribution in [-0.2, 0) is 6.54 Å². The molecule has 1 saturated heterocycles. The summed E-state index contributed by atoms with van der Waals surface area (Å²) in [6.07, 6.45) is 2.70. The minimum absolute atomic E-state index is 0.122. The van der Waals surface area contributed by atoms with Gasteiger partial charge in [-0.1, -0.05) is 23.7 Å². The quantitative estimate of drug-likeness (QED) is 0.382. The van der Waals surface area contributed by atoms with E-state index < -0.39 is 11.6 Å². The second kappa shape index (κ2) is 5.97. The average molecular weight is 269 g/mol. The molecule has 0 amide bonds. The molecule has 1 heterocycles. The molecule has 0 bridgehead atoms. The lowest BCUT2D eigenvalue weighted by Gasteiger charge is -2.34. The predicted molar refractivity (Wildman–Crippen MR) is 67.8 cm³/mol. The molecule has 0 saturated carbocycles. The molecule has 0 spiro atoms. The molecule has 104 valence electrons. The maximum Gasteiger partial charge on any atom is 0.163 e. The van der Waals surface area contributed by atoms with Gasteiger partial charge in [-0.3, -0.25) is 4.90 Å². The Hall–Kier alpha value is -1.69. The Kier molecular flexibility index (Phi) is 4.31. The molecule has 1 aliphatic rings. The summed E-state index contributed by atoms with van der Waals surface area (Å²) in [7, 11) is 0. The fraction of sp³-hybridized carbons (Fsp3) is 0.462. The van der Waals surface area contributed by atoms with Gasteiger partial charge in [0.2, 0.25) is 0 Å². The van der Waals surface area contributed by atoms with Crippen LogP contribution in [0.4, 0.5) is 8.78 Å². The topological polar surface area (TPSA) is 61.9 Å². The standard InChI is InChI=1S/C13H17F2N3O/c14-10-5-3-4-9(12(10)15)8-18-7-2-1-6-11(18)13(16)17-19/h3-5,11,19H,1-2,6-8H2,(H2,16,17). The molecule has 2 rings (SSSR count). The third kappa shape index (κ3) is 3.01. The number of likely N-dealkylation sites (tertiary alicyclic amines) is 1. The van der Waals surface area contributed by atoms with Crippen LogP contribution < -0.4 is 5.73 Å². The molecule has 0 aromatic heterocycles. The van der Waals surface area contributed by atoms with E-state index in [4.69, 9.17) is 10.9 Å². The third-order valence-corrected chi connectivity index (χ3v) is 3.48. The smallest absolute Gasteiger partial charge is 0.163 e. The van der Waals surface area contributed by atoms with E-state index in [1.165, 1.54) is 6.07 Å². The monoisotopic (exact) mass is 269 g/mol. The van der Waals surface area contributed by atoms with Crippen LogP contribution in [0, 0.1) is 11.6 Å². The number of nitrogens with zero attached hydrogens (tertiary/aromatic N) is 2. The van der Waals surface area contributed by atoms with E-state index >= 15 is 0 Å². The van der Waals surface area contributed by atoms with Crippen LogP contribution in [0.2, 0.25) is 0 Å². The predicted octanol–water partition coefficient (Wildman–Crippen LogP) is 2.07. The van der Waals surface area contributed by atoms with E-state index in [1.807, 2.05) is 4.90 Å². The lowest BCUT2D eigenvalue weighted by molar-refractivity contribution is 0.176. The van der Waals surface area contributed by atoms with E-state index in [0.29, 0.717) is 0 Å². The maximum atomic E-state index is 13.7. The summed E-state index contributed by atoms with van der Waals surface area (Å²) in [5.74, 6) is -1.56. The summed E-state index contributed by atoms with van der Waals surface area (Å²) in [6, 6.07) is 3.91. The SMILES string of the molecule is NC(=NO)C1CCCCN1Cc1cccc(F)c1F. The minimum Gasteiger partial charge on any atom is -0.409 e. The van der Waals surface area contributed by atoms with E-state index in [0.717, 1.165) is 31.9 Å². The highest BCUT2D eigenvalue weighted by atomic mass is 19.2. The highest BCUT2D eigenvalue weighted by molar-refractivity contribution is 5.85. The number of halogens is 2. The fourth-order valence-corrected chi connectivity index (χ4v) is 2.47. The normalized spacial score (nSPS) is 21.6. The first-order chi connectivity index (χ1) is 9.13. The molecule has 1 aromatic rings. The molecule has 1 aliphatic heterocycles. The van der Waals surface area contributed by atoms with Gasteiger partial charge in [-0.15, -0.1) is 0 Å². The molecule has 19 heavy (non-hydrogen) atoms. The highest BCUT2D eigenvalue weighted by Crippen LogP contribution is 2.21. The molecular formula is C13H17F2N3O. The van der Waals surface area contributed by atoms with Crippen LogP contribution >= 0.6 is 0 Å². The summed E-state index contributed by atoms with van der Waals surface area (Å²) in [5.41, 5.74) is 5.94. The molecule has 0 radical (unpaired) electrons. The molecule has 6 heteroatoms. The number of piperidine rings is 1. The summed E-state index contributed by atoms with van der Waals surface area (Å²) in [5, 5.41) is 11.8. The Morgan fingerprint density at radius 1 is 1.42 bits per heavy atom. The fourth-order valence-electron chi connectivity index (χ4n) is 2.47. The van der Waals surface area contributed by atoms with E-state index in [1.54, 1.807) is 6.07 Å². The zero-order chi connectivity index (χ0) is 13.8. The zero-order valence-corrected chi connectivity index (χ0v) is 10.5. The van der Waals surface area contributed by atoms with Gasteiger partial charge in [0.05, 0.1) is 6.04 Å². The second-order valence-electron chi connectivity index (χ2n) is 4.72. The Morgan fingerprint density at radius 2 is 2.21 bits per heavy atom. The van der Waals surface area contributed by atoms with Crippen molar-refractivity contribution in [2.75, 3.05) is 6.54 Å². The zero-order valence-electron chi connectivity index (χ0n) is 10.5. The van der Waals surface area contributed by atoms with Crippen molar-refractivity contribution in [1.82, 2.24) is 4.90 Å². The van der Waals surface area contributed by atoms with Crippen molar-refractivity contribution < 1.29 is 14.0 Å². The Balaban J connectivity index is 2.18. The number of benzene rings is 1. The second-order valence-corrected chi connectivity index (χ2v) is 4.72. The van der Waals surface area contributed by atoms with Gasteiger partial charge in [0.15, 0.2) is 17.5 Å². The van der Waals surface area contributed by atoms with Crippen LogP contribution in [0.15, 0.2) is 23.4 Å². The van der Waals surface area contributed by atoms with Gasteiger partial charge in [0.25, 0.3) is 0 Å². The van der Waals surface area contributed by atoms with Crippen molar-refractivity contribution in [2.45, 2.75) is 31.8 Å². The van der Waals surface area contributed by atoms with E-state index in [-0.39, 0.29) is 24.0 Å². The number of hydrogen-bond acceptors (Lipinski definition) is 3. The number of rotatable bonds is 3. The largest absolute Gasteiger partial charge is 0.409 e. The third-order valence-electron chi connectivity index (χ3n) is 3.48. The first kappa shape index (κ1) is 13.7. The number of amidine groups is 1. The van der Waals surface area contributed by atoms with Gasteiger partial charge < -0.3 is 10.9 Å². The Morgan fingerprint density at radius 3 is 2.95 bits per heavy atom. The molecular weight excluding hydrogens is 252 g/mol. The molecule has 1 unspecified atom stereocenters. The van der Waals surface area contributed by atoms with Crippen molar-refractivity contribution in [2.24, 2.45) is 10.9 Å².